The van der Waals surface area contributed by atoms with E-state index in [2.05, 4.69) is 5.32 Å². The van der Waals surface area contributed by atoms with Crippen LogP contribution in [0.1, 0.15) is 33.4 Å². The molecule has 0 bridgehead atoms. The van der Waals surface area contributed by atoms with E-state index in [1.165, 1.54) is 6.26 Å². The molecule has 0 unspecified atom stereocenters. The Bertz CT molecular complexity index is 1010. The van der Waals surface area contributed by atoms with Crippen molar-refractivity contribution >= 4 is 23.2 Å². The molecule has 2 heterocycles. The molecule has 0 saturated heterocycles. The second-order valence-electron chi connectivity index (χ2n) is 6.41. The molecule has 1 aliphatic rings. The Balaban J connectivity index is 1.57. The van der Waals surface area contributed by atoms with Crippen molar-refractivity contribution in [1.82, 2.24) is 0 Å². The average Bonchev–Trinajstić information content (AvgIpc) is 3.38. The number of benzene rings is 2. The summed E-state index contributed by atoms with van der Waals surface area (Å²) in [4.78, 5) is 27.1. The van der Waals surface area contributed by atoms with Crippen molar-refractivity contribution in [2.75, 3.05) is 23.4 Å². The molecular weight excluding hydrogens is 356 g/mol. The van der Waals surface area contributed by atoms with E-state index in [9.17, 15) is 9.59 Å². The van der Waals surface area contributed by atoms with Gasteiger partial charge in [-0.25, -0.2) is 0 Å². The van der Waals surface area contributed by atoms with Crippen molar-refractivity contribution in [3.8, 4) is 5.75 Å². The van der Waals surface area contributed by atoms with Gasteiger partial charge in [-0.15, -0.1) is 0 Å². The largest absolute Gasteiger partial charge is 0.493 e. The number of furan rings is 1. The first-order valence-electron chi connectivity index (χ1n) is 9.19. The Morgan fingerprint density at radius 1 is 1.14 bits per heavy atom. The first kappa shape index (κ1) is 17.9. The summed E-state index contributed by atoms with van der Waals surface area (Å²) in [7, 11) is 0. The molecule has 1 aliphatic heterocycles. The molecule has 1 N–H and O–H groups in total. The number of ether oxygens (including phenoxy) is 1. The molecule has 6 heteroatoms. The van der Waals surface area contributed by atoms with Gasteiger partial charge in [0.1, 0.15) is 5.75 Å². The van der Waals surface area contributed by atoms with E-state index in [0.29, 0.717) is 35.9 Å². The van der Waals surface area contributed by atoms with Crippen molar-refractivity contribution in [2.24, 2.45) is 0 Å². The number of para-hydroxylation sites is 1. The molecule has 0 aliphatic carbocycles. The molecule has 2 amide bonds. The Morgan fingerprint density at radius 2 is 2.00 bits per heavy atom. The van der Waals surface area contributed by atoms with Gasteiger partial charge in [0.05, 0.1) is 18.4 Å². The molecule has 1 aromatic heterocycles. The highest BCUT2D eigenvalue weighted by Gasteiger charge is 2.27. The van der Waals surface area contributed by atoms with Crippen LogP contribution >= 0.6 is 0 Å². The molecule has 6 nitrogen and oxygen atoms in total. The summed E-state index contributed by atoms with van der Waals surface area (Å²) in [6.07, 6.45) is 2.25. The van der Waals surface area contributed by atoms with Crippen LogP contribution in [-0.2, 0) is 6.42 Å². The fraction of sp³-hybridized carbons (Fsp3) is 0.182. The van der Waals surface area contributed by atoms with Crippen molar-refractivity contribution in [3.63, 3.8) is 0 Å². The number of nitrogens with one attached hydrogen (secondary N) is 1. The van der Waals surface area contributed by atoms with Crippen LogP contribution in [0.3, 0.4) is 0 Å². The molecule has 142 valence electrons. The average molecular weight is 376 g/mol. The van der Waals surface area contributed by atoms with Gasteiger partial charge in [0.15, 0.2) is 5.76 Å². The summed E-state index contributed by atoms with van der Waals surface area (Å²) in [5, 5.41) is 2.90. The molecule has 3 aromatic rings. The number of carbonyl (C=O) groups excluding carboxylic acids is 2. The second-order valence-corrected chi connectivity index (χ2v) is 6.41. The van der Waals surface area contributed by atoms with E-state index in [1.54, 1.807) is 35.2 Å². The minimum Gasteiger partial charge on any atom is -0.493 e. The summed E-state index contributed by atoms with van der Waals surface area (Å²) in [6, 6.07) is 16.1. The van der Waals surface area contributed by atoms with E-state index in [1.807, 2.05) is 31.2 Å². The summed E-state index contributed by atoms with van der Waals surface area (Å²) >= 11 is 0. The zero-order chi connectivity index (χ0) is 19.5. The molecule has 0 spiro atoms. The second kappa shape index (κ2) is 7.60. The molecule has 28 heavy (non-hydrogen) atoms. The van der Waals surface area contributed by atoms with Crippen LogP contribution in [0, 0.1) is 0 Å². The van der Waals surface area contributed by atoms with Crippen LogP contribution in [0.2, 0.25) is 0 Å². The third-order valence-corrected chi connectivity index (χ3v) is 4.65. The lowest BCUT2D eigenvalue weighted by Gasteiger charge is -2.17. The van der Waals surface area contributed by atoms with E-state index in [-0.39, 0.29) is 11.8 Å². The predicted molar refractivity (Wildman–Crippen MR) is 106 cm³/mol. The Labute approximate surface area is 162 Å². The van der Waals surface area contributed by atoms with Gasteiger partial charge < -0.3 is 19.4 Å². The standard InChI is InChI=1S/C22H20N2O4/c1-2-27-19-7-4-3-6-17(19)21(25)23-16-10-9-15-11-12-24(18(15)14-16)22(26)20-8-5-13-28-20/h3-10,13-14H,2,11-12H2,1H3,(H,23,25). The van der Waals surface area contributed by atoms with Crippen LogP contribution in [-0.4, -0.2) is 25.0 Å². The molecule has 2 aromatic carbocycles. The van der Waals surface area contributed by atoms with Gasteiger partial charge in [-0.2, -0.15) is 0 Å². The van der Waals surface area contributed by atoms with Gasteiger partial charge >= 0.3 is 0 Å². The molecule has 4 rings (SSSR count). The van der Waals surface area contributed by atoms with Gasteiger partial charge in [0.2, 0.25) is 0 Å². The number of amides is 2. The number of rotatable bonds is 5. The fourth-order valence-corrected chi connectivity index (χ4v) is 3.34. The first-order valence-corrected chi connectivity index (χ1v) is 9.19. The van der Waals surface area contributed by atoms with E-state index >= 15 is 0 Å². The Hall–Kier alpha value is -3.54. The van der Waals surface area contributed by atoms with E-state index in [0.717, 1.165) is 17.7 Å². The van der Waals surface area contributed by atoms with Crippen LogP contribution in [0.5, 0.6) is 5.75 Å². The van der Waals surface area contributed by atoms with Gasteiger partial charge in [-0.05, 0) is 55.3 Å². The number of anilines is 2. The topological polar surface area (TPSA) is 71.8 Å². The highest BCUT2D eigenvalue weighted by molar-refractivity contribution is 6.08. The monoisotopic (exact) mass is 376 g/mol. The normalized spacial score (nSPS) is 12.5. The smallest absolute Gasteiger partial charge is 0.293 e. The highest BCUT2D eigenvalue weighted by atomic mass is 16.5. The molecule has 0 atom stereocenters. The van der Waals surface area contributed by atoms with Crippen LogP contribution in [0.25, 0.3) is 0 Å². The van der Waals surface area contributed by atoms with Gasteiger partial charge in [0, 0.05) is 17.9 Å². The lowest BCUT2D eigenvalue weighted by molar-refractivity contribution is 0.0962. The summed E-state index contributed by atoms with van der Waals surface area (Å²) < 4.78 is 10.8. The van der Waals surface area contributed by atoms with Gasteiger partial charge in [-0.1, -0.05) is 18.2 Å². The highest BCUT2D eigenvalue weighted by Crippen LogP contribution is 2.32. The maximum absolute atomic E-state index is 12.7. The molecule has 0 radical (unpaired) electrons. The quantitative estimate of drug-likeness (QED) is 0.727. The minimum atomic E-state index is -0.258. The fourth-order valence-electron chi connectivity index (χ4n) is 3.34. The number of carbonyl (C=O) groups is 2. The molecule has 0 saturated carbocycles. The van der Waals surface area contributed by atoms with E-state index < -0.39 is 0 Å². The maximum Gasteiger partial charge on any atom is 0.293 e. The third kappa shape index (κ3) is 3.36. The summed E-state index contributed by atoms with van der Waals surface area (Å²) in [5.74, 6) is 0.394. The SMILES string of the molecule is CCOc1ccccc1C(=O)Nc1ccc2c(c1)N(C(=O)c1ccco1)CC2. The Morgan fingerprint density at radius 3 is 2.79 bits per heavy atom. The predicted octanol–water partition coefficient (Wildman–Crippen LogP) is 4.13. The zero-order valence-corrected chi connectivity index (χ0v) is 15.5. The lowest BCUT2D eigenvalue weighted by atomic mass is 10.1. The minimum absolute atomic E-state index is 0.186. The lowest BCUT2D eigenvalue weighted by Crippen LogP contribution is -2.28. The number of hydrogen-bond acceptors (Lipinski definition) is 4. The summed E-state index contributed by atoms with van der Waals surface area (Å²) in [5.41, 5.74) is 2.94. The van der Waals surface area contributed by atoms with E-state index in [4.69, 9.17) is 9.15 Å². The Kier molecular flexibility index (Phi) is 4.85. The molecular formula is C22H20N2O4. The zero-order valence-electron chi connectivity index (χ0n) is 15.5. The van der Waals surface area contributed by atoms with Crippen molar-refractivity contribution in [3.05, 3.63) is 77.7 Å². The number of hydrogen-bond donors (Lipinski definition) is 1. The third-order valence-electron chi connectivity index (χ3n) is 4.65. The van der Waals surface area contributed by atoms with Gasteiger partial charge in [-0.3, -0.25) is 9.59 Å². The van der Waals surface area contributed by atoms with Gasteiger partial charge in [0.25, 0.3) is 11.8 Å². The van der Waals surface area contributed by atoms with Crippen LogP contribution in [0.15, 0.2) is 65.3 Å². The first-order chi connectivity index (χ1) is 13.7. The van der Waals surface area contributed by atoms with Crippen molar-refractivity contribution in [1.29, 1.82) is 0 Å². The van der Waals surface area contributed by atoms with Crippen LogP contribution in [0.4, 0.5) is 11.4 Å². The van der Waals surface area contributed by atoms with Crippen molar-refractivity contribution in [2.45, 2.75) is 13.3 Å². The van der Waals surface area contributed by atoms with Crippen molar-refractivity contribution < 1.29 is 18.7 Å². The van der Waals surface area contributed by atoms with Crippen LogP contribution < -0.4 is 15.0 Å². The molecule has 0 fully saturated rings. The number of nitrogens with zero attached hydrogens (tertiary/aromatic N) is 1. The number of fused-ring (bicyclic) bond motifs is 1. The summed E-state index contributed by atoms with van der Waals surface area (Å²) in [6.45, 7) is 2.94. The maximum atomic E-state index is 12.7.